The highest BCUT2D eigenvalue weighted by molar-refractivity contribution is 6.17. The van der Waals surface area contributed by atoms with E-state index in [-0.39, 0.29) is 0 Å². The smallest absolute Gasteiger partial charge is 0.127 e. The summed E-state index contributed by atoms with van der Waals surface area (Å²) in [7, 11) is 0. The molecule has 0 aromatic heterocycles. The van der Waals surface area contributed by atoms with Crippen LogP contribution >= 0.6 is 11.6 Å². The van der Waals surface area contributed by atoms with Gasteiger partial charge >= 0.3 is 0 Å². The molecule has 1 rings (SSSR count). The van der Waals surface area contributed by atoms with Gasteiger partial charge in [-0.2, -0.15) is 0 Å². The molecule has 0 aliphatic heterocycles. The van der Waals surface area contributed by atoms with Gasteiger partial charge in [-0.05, 0) is 18.9 Å². The fourth-order valence-electron chi connectivity index (χ4n) is 2.15. The van der Waals surface area contributed by atoms with Crippen molar-refractivity contribution in [1.29, 1.82) is 0 Å². The molecule has 0 N–H and O–H groups in total. The molecule has 21 heavy (non-hydrogen) atoms. The molecule has 0 aliphatic carbocycles. The molecule has 0 heterocycles. The summed E-state index contributed by atoms with van der Waals surface area (Å²) >= 11 is 5.97. The number of unbranched alkanes of at least 4 members (excludes halogenated alkanes) is 5. The highest BCUT2D eigenvalue weighted by Crippen LogP contribution is 2.26. The monoisotopic (exact) mass is 312 g/mol. The molecule has 0 saturated heterocycles. The van der Waals surface area contributed by atoms with Gasteiger partial charge in [0, 0.05) is 11.6 Å². The Morgan fingerprint density at radius 1 is 0.857 bits per heavy atom. The summed E-state index contributed by atoms with van der Waals surface area (Å²) in [6.45, 7) is 5.83. The first kappa shape index (κ1) is 18.2. The van der Waals surface area contributed by atoms with E-state index in [4.69, 9.17) is 21.1 Å². The summed E-state index contributed by atoms with van der Waals surface area (Å²) in [5.41, 5.74) is 1.03. The van der Waals surface area contributed by atoms with Gasteiger partial charge in [0.05, 0.1) is 19.1 Å². The van der Waals surface area contributed by atoms with Gasteiger partial charge in [-0.1, -0.05) is 52.0 Å². The topological polar surface area (TPSA) is 18.5 Å². The molecule has 0 unspecified atom stereocenters. The maximum absolute atomic E-state index is 5.97. The second kappa shape index (κ2) is 11.7. The molecule has 0 fully saturated rings. The molecule has 1 aromatic rings. The first-order valence-electron chi connectivity index (χ1n) is 8.26. The zero-order valence-corrected chi connectivity index (χ0v) is 14.3. The van der Waals surface area contributed by atoms with Crippen LogP contribution < -0.4 is 9.47 Å². The van der Waals surface area contributed by atoms with Crippen LogP contribution in [0.2, 0.25) is 0 Å². The Balaban J connectivity index is 2.37. The third kappa shape index (κ3) is 7.61. The summed E-state index contributed by atoms with van der Waals surface area (Å²) in [6.07, 6.45) is 8.62. The van der Waals surface area contributed by atoms with E-state index in [0.717, 1.165) is 43.1 Å². The summed E-state index contributed by atoms with van der Waals surface area (Å²) in [5.74, 6) is 2.20. The number of hydrogen-bond acceptors (Lipinski definition) is 2. The maximum atomic E-state index is 5.97. The summed E-state index contributed by atoms with van der Waals surface area (Å²) in [4.78, 5) is 0. The predicted molar refractivity (Wildman–Crippen MR) is 90.7 cm³/mol. The van der Waals surface area contributed by atoms with Crippen molar-refractivity contribution in [1.82, 2.24) is 0 Å². The van der Waals surface area contributed by atoms with Crippen molar-refractivity contribution in [3.8, 4) is 11.5 Å². The Bertz CT molecular complexity index is 379. The molecule has 1 aromatic carbocycles. The average Bonchev–Trinajstić information content (AvgIpc) is 2.52. The van der Waals surface area contributed by atoms with Crippen LogP contribution in [0.15, 0.2) is 18.2 Å². The van der Waals surface area contributed by atoms with Crippen LogP contribution in [0.25, 0.3) is 0 Å². The van der Waals surface area contributed by atoms with Crippen LogP contribution in [0, 0.1) is 0 Å². The minimum atomic E-state index is 0.472. The van der Waals surface area contributed by atoms with E-state index in [1.165, 1.54) is 32.1 Å². The number of alkyl halides is 1. The molecule has 2 nitrogen and oxygen atoms in total. The lowest BCUT2D eigenvalue weighted by molar-refractivity contribution is 0.292. The number of ether oxygens (including phenoxy) is 2. The lowest BCUT2D eigenvalue weighted by Gasteiger charge is -2.12. The molecular weight excluding hydrogens is 284 g/mol. The SMILES string of the molecule is CCCCCCCCOc1cc(OCCC)ccc1CCl. The molecule has 0 aliphatic rings. The van der Waals surface area contributed by atoms with Gasteiger partial charge in [-0.25, -0.2) is 0 Å². The van der Waals surface area contributed by atoms with Crippen molar-refractivity contribution in [3.63, 3.8) is 0 Å². The quantitative estimate of drug-likeness (QED) is 0.350. The normalized spacial score (nSPS) is 10.6. The molecule has 0 saturated carbocycles. The van der Waals surface area contributed by atoms with E-state index in [9.17, 15) is 0 Å². The zero-order chi connectivity index (χ0) is 15.3. The van der Waals surface area contributed by atoms with Crippen LogP contribution in [0.1, 0.15) is 64.4 Å². The van der Waals surface area contributed by atoms with E-state index in [1.54, 1.807) is 0 Å². The third-order valence-corrected chi connectivity index (χ3v) is 3.70. The fourth-order valence-corrected chi connectivity index (χ4v) is 2.37. The summed E-state index contributed by atoms with van der Waals surface area (Å²) in [6, 6.07) is 5.92. The van der Waals surface area contributed by atoms with Crippen molar-refractivity contribution in [2.45, 2.75) is 64.7 Å². The van der Waals surface area contributed by atoms with E-state index < -0.39 is 0 Å². The number of halogens is 1. The van der Waals surface area contributed by atoms with Crippen LogP contribution in [-0.2, 0) is 5.88 Å². The Kier molecular flexibility index (Phi) is 10.1. The standard InChI is InChI=1S/C18H29ClO2/c1-3-5-6-7-8-9-13-21-18-14-17(20-12-4-2)11-10-16(18)15-19/h10-11,14H,3-9,12-13,15H2,1-2H3. The zero-order valence-electron chi connectivity index (χ0n) is 13.5. The highest BCUT2D eigenvalue weighted by atomic mass is 35.5. The number of hydrogen-bond donors (Lipinski definition) is 0. The summed E-state index contributed by atoms with van der Waals surface area (Å²) in [5, 5.41) is 0. The third-order valence-electron chi connectivity index (χ3n) is 3.41. The van der Waals surface area contributed by atoms with Crippen molar-refractivity contribution in [2.24, 2.45) is 0 Å². The molecule has 0 bridgehead atoms. The molecule has 0 radical (unpaired) electrons. The van der Waals surface area contributed by atoms with E-state index in [2.05, 4.69) is 13.8 Å². The van der Waals surface area contributed by atoms with Crippen molar-refractivity contribution < 1.29 is 9.47 Å². The fraction of sp³-hybridized carbons (Fsp3) is 0.667. The van der Waals surface area contributed by atoms with Gasteiger partial charge in [-0.3, -0.25) is 0 Å². The average molecular weight is 313 g/mol. The Morgan fingerprint density at radius 2 is 1.62 bits per heavy atom. The summed E-state index contributed by atoms with van der Waals surface area (Å²) < 4.78 is 11.5. The molecular formula is C18H29ClO2. The van der Waals surface area contributed by atoms with Gasteiger partial charge in [-0.15, -0.1) is 11.6 Å². The molecule has 3 heteroatoms. The van der Waals surface area contributed by atoms with Crippen LogP contribution in [0.3, 0.4) is 0 Å². The Labute approximate surface area is 134 Å². The minimum absolute atomic E-state index is 0.472. The highest BCUT2D eigenvalue weighted by Gasteiger charge is 2.05. The Morgan fingerprint density at radius 3 is 2.33 bits per heavy atom. The van der Waals surface area contributed by atoms with Gasteiger partial charge in [0.2, 0.25) is 0 Å². The van der Waals surface area contributed by atoms with Gasteiger partial charge in [0.15, 0.2) is 0 Å². The Hall–Kier alpha value is -0.890. The van der Waals surface area contributed by atoms with Crippen molar-refractivity contribution in [3.05, 3.63) is 23.8 Å². The number of benzene rings is 1. The lowest BCUT2D eigenvalue weighted by atomic mass is 10.1. The second-order valence-electron chi connectivity index (χ2n) is 5.37. The first-order chi connectivity index (χ1) is 10.3. The van der Waals surface area contributed by atoms with E-state index in [1.807, 2.05) is 18.2 Å². The van der Waals surface area contributed by atoms with Crippen molar-refractivity contribution in [2.75, 3.05) is 13.2 Å². The van der Waals surface area contributed by atoms with E-state index in [0.29, 0.717) is 5.88 Å². The number of rotatable bonds is 12. The first-order valence-corrected chi connectivity index (χ1v) is 8.79. The maximum Gasteiger partial charge on any atom is 0.127 e. The van der Waals surface area contributed by atoms with Crippen LogP contribution in [0.5, 0.6) is 11.5 Å². The molecule has 120 valence electrons. The molecule has 0 spiro atoms. The van der Waals surface area contributed by atoms with Crippen LogP contribution in [-0.4, -0.2) is 13.2 Å². The molecule has 0 atom stereocenters. The van der Waals surface area contributed by atoms with Crippen molar-refractivity contribution >= 4 is 11.6 Å². The predicted octanol–water partition coefficient (Wildman–Crippen LogP) is 5.95. The van der Waals surface area contributed by atoms with Gasteiger partial charge in [0.1, 0.15) is 11.5 Å². The van der Waals surface area contributed by atoms with Crippen LogP contribution in [0.4, 0.5) is 0 Å². The minimum Gasteiger partial charge on any atom is -0.493 e. The molecule has 0 amide bonds. The second-order valence-corrected chi connectivity index (χ2v) is 5.64. The largest absolute Gasteiger partial charge is 0.493 e. The van der Waals surface area contributed by atoms with Gasteiger partial charge in [0.25, 0.3) is 0 Å². The van der Waals surface area contributed by atoms with E-state index >= 15 is 0 Å². The lowest BCUT2D eigenvalue weighted by Crippen LogP contribution is -2.01. The van der Waals surface area contributed by atoms with Gasteiger partial charge < -0.3 is 9.47 Å².